The minimum absolute atomic E-state index is 0.119. The number of anilines is 1. The highest BCUT2D eigenvalue weighted by Crippen LogP contribution is 2.32. The van der Waals surface area contributed by atoms with Gasteiger partial charge in [-0.2, -0.15) is 13.2 Å². The van der Waals surface area contributed by atoms with Crippen LogP contribution >= 0.6 is 11.6 Å². The lowest BCUT2D eigenvalue weighted by Crippen LogP contribution is -2.69. The van der Waals surface area contributed by atoms with E-state index in [-0.39, 0.29) is 11.4 Å². The molecule has 0 bridgehead atoms. The van der Waals surface area contributed by atoms with Gasteiger partial charge in [-0.3, -0.25) is 10.1 Å². The molecule has 0 saturated heterocycles. The standard InChI is InChI=1S/C17H15ClF3N3O3/c1-10-7-8-22-13(9-10)23-16(15(26)27-2,17(19,20)21)24-14(25)11-3-5-12(18)6-4-11/h3-9H,1-2H3,(H,22,23)(H,24,25)/p+1/t16-/m0/s1. The first-order valence-corrected chi connectivity index (χ1v) is 7.96. The van der Waals surface area contributed by atoms with E-state index in [0.717, 1.165) is 7.11 Å². The summed E-state index contributed by atoms with van der Waals surface area (Å²) >= 11 is 5.71. The van der Waals surface area contributed by atoms with Crippen LogP contribution in [0.25, 0.3) is 0 Å². The Bertz CT molecular complexity index is 843. The van der Waals surface area contributed by atoms with Gasteiger partial charge in [0.15, 0.2) is 0 Å². The summed E-state index contributed by atoms with van der Waals surface area (Å²) in [4.78, 5) is 27.1. The Morgan fingerprint density at radius 3 is 2.30 bits per heavy atom. The highest BCUT2D eigenvalue weighted by atomic mass is 35.5. The van der Waals surface area contributed by atoms with Gasteiger partial charge in [-0.05, 0) is 42.8 Å². The zero-order valence-corrected chi connectivity index (χ0v) is 15.0. The van der Waals surface area contributed by atoms with E-state index in [1.807, 2.05) is 5.32 Å². The van der Waals surface area contributed by atoms with Gasteiger partial charge in [-0.15, -0.1) is 0 Å². The van der Waals surface area contributed by atoms with Crippen molar-refractivity contribution in [2.75, 3.05) is 12.4 Å². The summed E-state index contributed by atoms with van der Waals surface area (Å²) in [5.41, 5.74) is -3.00. The van der Waals surface area contributed by atoms with Crippen LogP contribution in [-0.4, -0.2) is 30.8 Å². The molecule has 0 unspecified atom stereocenters. The summed E-state index contributed by atoms with van der Waals surface area (Å²) in [7, 11) is 0.791. The van der Waals surface area contributed by atoms with Gasteiger partial charge in [-0.1, -0.05) is 11.6 Å². The highest BCUT2D eigenvalue weighted by molar-refractivity contribution is 6.30. The summed E-state index contributed by atoms with van der Waals surface area (Å²) in [6.07, 6.45) is -3.84. The van der Waals surface area contributed by atoms with Crippen LogP contribution < -0.4 is 15.6 Å². The molecule has 0 spiro atoms. The lowest BCUT2D eigenvalue weighted by Gasteiger charge is -2.30. The number of carbonyl (C=O) groups excluding carboxylic acids is 2. The van der Waals surface area contributed by atoms with E-state index in [0.29, 0.717) is 10.6 Å². The Balaban J connectivity index is 2.48. The molecule has 27 heavy (non-hydrogen) atoms. The van der Waals surface area contributed by atoms with Gasteiger partial charge in [0.05, 0.1) is 13.3 Å². The second-order valence-electron chi connectivity index (χ2n) is 5.61. The summed E-state index contributed by atoms with van der Waals surface area (Å²) in [5, 5.41) is 4.04. The van der Waals surface area contributed by atoms with Gasteiger partial charge < -0.3 is 4.74 Å². The first-order chi connectivity index (χ1) is 12.6. The molecular weight excluding hydrogens is 387 g/mol. The van der Waals surface area contributed by atoms with Crippen molar-refractivity contribution in [3.8, 4) is 0 Å². The van der Waals surface area contributed by atoms with Crippen LogP contribution in [0, 0.1) is 6.92 Å². The third-order valence-electron chi connectivity index (χ3n) is 3.60. The van der Waals surface area contributed by atoms with Crippen molar-refractivity contribution in [3.05, 3.63) is 58.7 Å². The predicted molar refractivity (Wildman–Crippen MR) is 91.1 cm³/mol. The van der Waals surface area contributed by atoms with Crippen molar-refractivity contribution >= 4 is 29.3 Å². The zero-order valence-electron chi connectivity index (χ0n) is 14.3. The minimum Gasteiger partial charge on any atom is -0.464 e. The smallest absolute Gasteiger partial charge is 0.464 e. The number of methoxy groups -OCH3 is 1. The van der Waals surface area contributed by atoms with E-state index >= 15 is 0 Å². The van der Waals surface area contributed by atoms with Crippen molar-refractivity contribution < 1.29 is 32.5 Å². The number of esters is 1. The Hall–Kier alpha value is -2.81. The topological polar surface area (TPSA) is 81.6 Å². The van der Waals surface area contributed by atoms with E-state index in [4.69, 9.17) is 11.6 Å². The van der Waals surface area contributed by atoms with E-state index in [1.54, 1.807) is 18.3 Å². The van der Waals surface area contributed by atoms with Gasteiger partial charge in [0, 0.05) is 16.7 Å². The summed E-state index contributed by atoms with van der Waals surface area (Å²) in [6.45, 7) is 1.65. The van der Waals surface area contributed by atoms with Crippen LogP contribution in [-0.2, 0) is 9.53 Å². The van der Waals surface area contributed by atoms with Crippen molar-refractivity contribution in [2.45, 2.75) is 18.8 Å². The van der Waals surface area contributed by atoms with Crippen molar-refractivity contribution in [3.63, 3.8) is 0 Å². The fraction of sp³-hybridized carbons (Fsp3) is 0.235. The Morgan fingerprint density at radius 2 is 1.78 bits per heavy atom. The lowest BCUT2D eigenvalue weighted by molar-refractivity contribution is -0.363. The number of rotatable bonds is 5. The molecule has 1 heterocycles. The maximum atomic E-state index is 13.9. The van der Waals surface area contributed by atoms with Crippen molar-refractivity contribution in [1.29, 1.82) is 0 Å². The number of H-pyrrole nitrogens is 1. The summed E-state index contributed by atoms with van der Waals surface area (Å²) in [6, 6.07) is 8.10. The van der Waals surface area contributed by atoms with E-state index in [2.05, 4.69) is 9.72 Å². The van der Waals surface area contributed by atoms with Crippen LogP contribution in [0.5, 0.6) is 0 Å². The number of pyridine rings is 1. The molecule has 0 aliphatic heterocycles. The minimum atomic E-state index is -5.22. The molecule has 1 atom stereocenters. The Morgan fingerprint density at radius 1 is 1.15 bits per heavy atom. The Kier molecular flexibility index (Phi) is 5.94. The van der Waals surface area contributed by atoms with Crippen LogP contribution in [0.2, 0.25) is 5.02 Å². The van der Waals surface area contributed by atoms with Crippen molar-refractivity contribution in [1.82, 2.24) is 5.32 Å². The van der Waals surface area contributed by atoms with Gasteiger partial charge in [-0.25, -0.2) is 15.1 Å². The number of aromatic nitrogens is 1. The average molecular weight is 403 g/mol. The molecule has 3 N–H and O–H groups in total. The second-order valence-corrected chi connectivity index (χ2v) is 6.04. The molecule has 1 aromatic carbocycles. The molecule has 0 aliphatic rings. The summed E-state index contributed by atoms with van der Waals surface area (Å²) < 4.78 is 46.1. The molecule has 0 fully saturated rings. The molecule has 1 aromatic heterocycles. The third kappa shape index (κ3) is 4.48. The molecule has 6 nitrogen and oxygen atoms in total. The first-order valence-electron chi connectivity index (χ1n) is 7.59. The highest BCUT2D eigenvalue weighted by Gasteiger charge is 2.67. The molecule has 0 radical (unpaired) electrons. The number of amides is 1. The number of halogens is 4. The van der Waals surface area contributed by atoms with Crippen LogP contribution in [0.3, 0.4) is 0 Å². The first kappa shape index (κ1) is 20.5. The average Bonchev–Trinajstić information content (AvgIpc) is 2.60. The maximum absolute atomic E-state index is 13.9. The quantitative estimate of drug-likeness (QED) is 0.595. The van der Waals surface area contributed by atoms with Crippen LogP contribution in [0.4, 0.5) is 19.0 Å². The number of benzene rings is 1. The van der Waals surface area contributed by atoms with Gasteiger partial charge in [0.25, 0.3) is 11.7 Å². The van der Waals surface area contributed by atoms with Gasteiger partial charge in [0.2, 0.25) is 0 Å². The van der Waals surface area contributed by atoms with Crippen LogP contribution in [0.1, 0.15) is 15.9 Å². The maximum Gasteiger partial charge on any atom is 0.464 e. The largest absolute Gasteiger partial charge is 0.464 e. The van der Waals surface area contributed by atoms with Gasteiger partial charge in [0.1, 0.15) is 0 Å². The molecular formula is C17H16ClF3N3O3+. The molecule has 1 amide bonds. The number of aromatic amines is 1. The van der Waals surface area contributed by atoms with Crippen LogP contribution in [0.15, 0.2) is 42.6 Å². The molecule has 2 aromatic rings. The Labute approximate surface area is 157 Å². The summed E-state index contributed by atoms with van der Waals surface area (Å²) in [5.74, 6) is -3.02. The third-order valence-corrected chi connectivity index (χ3v) is 3.86. The fourth-order valence-electron chi connectivity index (χ4n) is 2.24. The number of nitrogens with one attached hydrogen (secondary N) is 3. The normalized spacial score (nSPS) is 13.4. The lowest BCUT2D eigenvalue weighted by atomic mass is 10.1. The molecule has 10 heteroatoms. The second kappa shape index (κ2) is 7.83. The van der Waals surface area contributed by atoms with Gasteiger partial charge >= 0.3 is 17.8 Å². The van der Waals surface area contributed by atoms with E-state index < -0.39 is 23.7 Å². The number of alkyl halides is 3. The zero-order chi connectivity index (χ0) is 20.2. The number of aryl methyl sites for hydroxylation is 1. The number of hydrogen-bond acceptors (Lipinski definition) is 4. The number of ether oxygens (including phenoxy) is 1. The predicted octanol–water partition coefficient (Wildman–Crippen LogP) is 2.74. The molecule has 0 saturated carbocycles. The fourth-order valence-corrected chi connectivity index (χ4v) is 2.37. The number of hydrogen-bond donors (Lipinski definition) is 2. The molecule has 2 rings (SSSR count). The molecule has 144 valence electrons. The number of carbonyl (C=O) groups is 2. The van der Waals surface area contributed by atoms with Crippen molar-refractivity contribution in [2.24, 2.45) is 0 Å². The van der Waals surface area contributed by atoms with E-state index in [1.165, 1.54) is 36.5 Å². The monoisotopic (exact) mass is 402 g/mol. The van der Waals surface area contributed by atoms with E-state index in [9.17, 15) is 22.8 Å². The molecule has 0 aliphatic carbocycles. The SMILES string of the molecule is COC(=O)[C@@](NC(=O)c1ccc(Cl)cc1)(Nc1cc(C)cc[nH+]1)C(F)(F)F.